The van der Waals surface area contributed by atoms with Crippen molar-refractivity contribution >= 4 is 23.1 Å². The minimum Gasteiger partial charge on any atom is -0.507 e. The van der Waals surface area contributed by atoms with E-state index in [1.165, 1.54) is 4.90 Å². The molecule has 2 aliphatic heterocycles. The van der Waals surface area contributed by atoms with Crippen molar-refractivity contribution in [2.45, 2.75) is 65.0 Å². The molecule has 2 unspecified atom stereocenters. The fourth-order valence-corrected chi connectivity index (χ4v) is 5.28. The Kier molecular flexibility index (Phi) is 6.98. The fraction of sp³-hybridized carbons (Fsp3) is 0.333. The average Bonchev–Trinajstić information content (AvgIpc) is 3.42. The zero-order chi connectivity index (χ0) is 27.9. The van der Waals surface area contributed by atoms with Gasteiger partial charge < -0.3 is 14.6 Å². The molecule has 0 spiro atoms. The number of para-hydroxylation sites is 2. The van der Waals surface area contributed by atoms with Gasteiger partial charge in [-0.25, -0.2) is 0 Å². The first-order chi connectivity index (χ1) is 18.6. The van der Waals surface area contributed by atoms with E-state index < -0.39 is 17.7 Å². The molecule has 0 radical (unpaired) electrons. The first-order valence-electron chi connectivity index (χ1n) is 13.5. The van der Waals surface area contributed by atoms with Gasteiger partial charge in [0.1, 0.15) is 23.4 Å². The molecular weight excluding hydrogens is 490 g/mol. The number of benzene rings is 3. The number of rotatable bonds is 6. The SMILES string of the molecule is CCCOc1ccccc1N1C(=O)C(=O)/C(=C(\O)c2ccc3c(c2)CC(C)O3)C1c1ccc(C(C)(C)C)cc1. The van der Waals surface area contributed by atoms with E-state index in [1.807, 2.05) is 62.4 Å². The number of ether oxygens (including phenoxy) is 2. The number of nitrogens with zero attached hydrogens (tertiary/aromatic N) is 1. The van der Waals surface area contributed by atoms with Crippen LogP contribution in [0.4, 0.5) is 5.69 Å². The van der Waals surface area contributed by atoms with Crippen LogP contribution in [0.1, 0.15) is 69.3 Å². The lowest BCUT2D eigenvalue weighted by molar-refractivity contribution is -0.132. The Balaban J connectivity index is 1.68. The van der Waals surface area contributed by atoms with Crippen molar-refractivity contribution in [1.82, 2.24) is 0 Å². The lowest BCUT2D eigenvalue weighted by Gasteiger charge is -2.28. The molecule has 5 rings (SSSR count). The summed E-state index contributed by atoms with van der Waals surface area (Å²) in [5.74, 6) is -0.341. The Morgan fingerprint density at radius 2 is 1.77 bits per heavy atom. The standard InChI is InChI=1S/C33H35NO5/c1-6-17-38-27-10-8-7-9-25(27)34-29(21-11-14-24(15-12-21)33(3,4)5)28(31(36)32(34)37)30(35)22-13-16-26-23(19-22)18-20(2)39-26/h7-16,19-20,29,35H,6,17-18H2,1-5H3/b30-28-. The molecule has 3 aromatic carbocycles. The number of amides is 1. The van der Waals surface area contributed by atoms with Gasteiger partial charge in [-0.05, 0) is 65.8 Å². The normalized spacial score (nSPS) is 20.2. The summed E-state index contributed by atoms with van der Waals surface area (Å²) >= 11 is 0. The van der Waals surface area contributed by atoms with E-state index in [-0.39, 0.29) is 22.9 Å². The van der Waals surface area contributed by atoms with Crippen molar-refractivity contribution in [2.24, 2.45) is 0 Å². The number of ketones is 1. The summed E-state index contributed by atoms with van der Waals surface area (Å²) in [4.78, 5) is 28.8. The number of anilines is 1. The molecule has 1 amide bonds. The minimum absolute atomic E-state index is 0.0453. The molecule has 39 heavy (non-hydrogen) atoms. The Bertz CT molecular complexity index is 1450. The summed E-state index contributed by atoms with van der Waals surface area (Å²) in [6.45, 7) is 10.9. The Labute approximate surface area is 229 Å². The van der Waals surface area contributed by atoms with E-state index in [4.69, 9.17) is 9.47 Å². The first-order valence-corrected chi connectivity index (χ1v) is 13.5. The quantitative estimate of drug-likeness (QED) is 0.220. The van der Waals surface area contributed by atoms with Crippen LogP contribution in [0.3, 0.4) is 0 Å². The van der Waals surface area contributed by atoms with Crippen molar-refractivity contribution in [3.63, 3.8) is 0 Å². The molecule has 6 nitrogen and oxygen atoms in total. The van der Waals surface area contributed by atoms with Gasteiger partial charge in [-0.3, -0.25) is 14.5 Å². The van der Waals surface area contributed by atoms with Crippen molar-refractivity contribution < 1.29 is 24.2 Å². The first kappa shape index (κ1) is 26.5. The van der Waals surface area contributed by atoms with Crippen LogP contribution in [0.2, 0.25) is 0 Å². The van der Waals surface area contributed by atoms with Crippen LogP contribution >= 0.6 is 0 Å². The van der Waals surface area contributed by atoms with Crippen LogP contribution < -0.4 is 14.4 Å². The highest BCUT2D eigenvalue weighted by Crippen LogP contribution is 2.45. The number of Topliss-reactive ketones (excluding diaryl/α,β-unsaturated/α-hetero) is 1. The lowest BCUT2D eigenvalue weighted by Crippen LogP contribution is -2.30. The highest BCUT2D eigenvalue weighted by atomic mass is 16.5. The second-order valence-corrected chi connectivity index (χ2v) is 11.3. The average molecular weight is 526 g/mol. The van der Waals surface area contributed by atoms with Gasteiger partial charge in [-0.1, -0.05) is 64.1 Å². The molecule has 3 aromatic rings. The van der Waals surface area contributed by atoms with Crippen LogP contribution in [0.5, 0.6) is 11.5 Å². The predicted octanol–water partition coefficient (Wildman–Crippen LogP) is 6.72. The number of hydrogen-bond acceptors (Lipinski definition) is 5. The van der Waals surface area contributed by atoms with Crippen LogP contribution in [0.25, 0.3) is 5.76 Å². The zero-order valence-electron chi connectivity index (χ0n) is 23.2. The number of carbonyl (C=O) groups excluding carboxylic acids is 2. The third-order valence-electron chi connectivity index (χ3n) is 7.29. The fourth-order valence-electron chi connectivity index (χ4n) is 5.28. The molecule has 0 saturated carbocycles. The molecule has 2 aliphatic rings. The Morgan fingerprint density at radius 1 is 1.05 bits per heavy atom. The summed E-state index contributed by atoms with van der Waals surface area (Å²) in [5, 5.41) is 11.6. The highest BCUT2D eigenvalue weighted by Gasteiger charge is 2.48. The van der Waals surface area contributed by atoms with Gasteiger partial charge in [-0.2, -0.15) is 0 Å². The largest absolute Gasteiger partial charge is 0.507 e. The summed E-state index contributed by atoms with van der Waals surface area (Å²) < 4.78 is 11.8. The van der Waals surface area contributed by atoms with E-state index in [9.17, 15) is 14.7 Å². The topological polar surface area (TPSA) is 76.1 Å². The molecule has 0 bridgehead atoms. The molecule has 2 atom stereocenters. The lowest BCUT2D eigenvalue weighted by atomic mass is 9.85. The van der Waals surface area contributed by atoms with E-state index in [2.05, 4.69) is 20.8 Å². The summed E-state index contributed by atoms with van der Waals surface area (Å²) in [5.41, 5.74) is 3.79. The molecule has 1 fully saturated rings. The monoisotopic (exact) mass is 525 g/mol. The third-order valence-corrected chi connectivity index (χ3v) is 7.29. The van der Waals surface area contributed by atoms with Gasteiger partial charge in [0.05, 0.1) is 23.9 Å². The third kappa shape index (κ3) is 4.91. The van der Waals surface area contributed by atoms with Crippen molar-refractivity contribution in [1.29, 1.82) is 0 Å². The minimum atomic E-state index is -0.825. The van der Waals surface area contributed by atoms with Gasteiger partial charge in [0, 0.05) is 12.0 Å². The summed E-state index contributed by atoms with van der Waals surface area (Å²) in [6.07, 6.45) is 1.56. The Morgan fingerprint density at radius 3 is 2.46 bits per heavy atom. The molecule has 1 saturated heterocycles. The molecule has 1 N–H and O–H groups in total. The summed E-state index contributed by atoms with van der Waals surface area (Å²) in [6, 6.07) is 19.7. The predicted molar refractivity (Wildman–Crippen MR) is 152 cm³/mol. The van der Waals surface area contributed by atoms with Gasteiger partial charge in [-0.15, -0.1) is 0 Å². The number of hydrogen-bond donors (Lipinski definition) is 1. The summed E-state index contributed by atoms with van der Waals surface area (Å²) in [7, 11) is 0. The van der Waals surface area contributed by atoms with Gasteiger partial charge in [0.2, 0.25) is 0 Å². The van der Waals surface area contributed by atoms with E-state index in [1.54, 1.807) is 18.2 Å². The smallest absolute Gasteiger partial charge is 0.300 e. The second-order valence-electron chi connectivity index (χ2n) is 11.3. The van der Waals surface area contributed by atoms with E-state index in [0.29, 0.717) is 30.0 Å². The molecule has 2 heterocycles. The van der Waals surface area contributed by atoms with E-state index >= 15 is 0 Å². The van der Waals surface area contributed by atoms with Crippen molar-refractivity contribution in [3.8, 4) is 11.5 Å². The number of aliphatic hydroxyl groups excluding tert-OH is 1. The van der Waals surface area contributed by atoms with E-state index in [0.717, 1.165) is 28.9 Å². The molecular formula is C33H35NO5. The van der Waals surface area contributed by atoms with Crippen LogP contribution in [-0.4, -0.2) is 29.5 Å². The van der Waals surface area contributed by atoms with Gasteiger partial charge in [0.25, 0.3) is 11.7 Å². The molecule has 0 aromatic heterocycles. The maximum Gasteiger partial charge on any atom is 0.300 e. The molecule has 6 heteroatoms. The van der Waals surface area contributed by atoms with Crippen molar-refractivity contribution in [2.75, 3.05) is 11.5 Å². The molecule has 202 valence electrons. The number of carbonyl (C=O) groups is 2. The van der Waals surface area contributed by atoms with Crippen LogP contribution in [0.15, 0.2) is 72.3 Å². The van der Waals surface area contributed by atoms with Crippen LogP contribution in [-0.2, 0) is 21.4 Å². The van der Waals surface area contributed by atoms with Crippen molar-refractivity contribution in [3.05, 3.63) is 94.6 Å². The maximum atomic E-state index is 13.7. The number of aliphatic hydroxyl groups is 1. The maximum absolute atomic E-state index is 13.7. The Hall–Kier alpha value is -4.06. The van der Waals surface area contributed by atoms with Gasteiger partial charge in [0.15, 0.2) is 0 Å². The molecule has 0 aliphatic carbocycles. The van der Waals surface area contributed by atoms with Crippen LogP contribution in [0, 0.1) is 0 Å². The second kappa shape index (κ2) is 10.3. The highest BCUT2D eigenvalue weighted by molar-refractivity contribution is 6.52. The van der Waals surface area contributed by atoms with Gasteiger partial charge >= 0.3 is 0 Å². The zero-order valence-corrected chi connectivity index (χ0v) is 23.2. The number of fused-ring (bicyclic) bond motifs is 1.